The van der Waals surface area contributed by atoms with E-state index in [-0.39, 0.29) is 11.3 Å². The van der Waals surface area contributed by atoms with Crippen molar-refractivity contribution >= 4 is 23.1 Å². The van der Waals surface area contributed by atoms with Gasteiger partial charge in [0, 0.05) is 17.4 Å². The van der Waals surface area contributed by atoms with E-state index in [1.807, 2.05) is 58.0 Å². The Balaban J connectivity index is 1.97. The predicted molar refractivity (Wildman–Crippen MR) is 121 cm³/mol. The molecule has 0 spiro atoms. The Bertz CT molecular complexity index is 1230. The first-order valence-corrected chi connectivity index (χ1v) is 10.2. The number of nitrogens with zero attached hydrogens (tertiary/aromatic N) is 2. The molecule has 1 aromatic heterocycles. The van der Waals surface area contributed by atoms with Crippen molar-refractivity contribution in [2.75, 3.05) is 4.90 Å². The number of benzene rings is 2. The lowest BCUT2D eigenvalue weighted by Crippen LogP contribution is -2.30. The number of aryl methyl sites for hydroxylation is 4. The number of aromatic nitrogens is 1. The smallest absolute Gasteiger partial charge is 0.300 e. The van der Waals surface area contributed by atoms with Crippen molar-refractivity contribution in [2.45, 2.75) is 33.7 Å². The van der Waals surface area contributed by atoms with Gasteiger partial charge in [-0.3, -0.25) is 19.5 Å². The molecule has 0 bridgehead atoms. The van der Waals surface area contributed by atoms with Gasteiger partial charge in [0.05, 0.1) is 11.3 Å². The molecule has 1 unspecified atom stereocenters. The molecule has 5 nitrogen and oxygen atoms in total. The highest BCUT2D eigenvalue weighted by Crippen LogP contribution is 2.42. The number of Topliss-reactive ketones (excluding diaryl/α,β-unsaturated/α-hetero) is 1. The molecule has 3 aromatic rings. The molecule has 5 heteroatoms. The lowest BCUT2D eigenvalue weighted by Gasteiger charge is -2.26. The van der Waals surface area contributed by atoms with E-state index < -0.39 is 17.7 Å². The van der Waals surface area contributed by atoms with E-state index in [0.717, 1.165) is 22.3 Å². The number of amides is 1. The first-order chi connectivity index (χ1) is 14.8. The number of pyridine rings is 1. The second kappa shape index (κ2) is 7.84. The minimum atomic E-state index is -0.816. The summed E-state index contributed by atoms with van der Waals surface area (Å²) >= 11 is 0. The summed E-state index contributed by atoms with van der Waals surface area (Å²) in [5, 5.41) is 11.2. The Morgan fingerprint density at radius 2 is 1.68 bits per heavy atom. The molecule has 4 rings (SSSR count). The van der Waals surface area contributed by atoms with Crippen molar-refractivity contribution in [3.8, 4) is 0 Å². The topological polar surface area (TPSA) is 70.5 Å². The Morgan fingerprint density at radius 3 is 2.32 bits per heavy atom. The standard InChI is InChI=1S/C26H24N2O3/c1-15-8-11-21(18(4)13-15)28-23(20-7-5-6-12-27-20)22(25(30)26(28)31)24(29)19-10-9-16(2)17(3)14-19/h5-14,23,29H,1-4H3/b24-22+. The maximum atomic E-state index is 13.2. The fraction of sp³-hybridized carbons (Fsp3) is 0.192. The number of hydrogen-bond donors (Lipinski definition) is 1. The van der Waals surface area contributed by atoms with Crippen molar-refractivity contribution in [1.29, 1.82) is 0 Å². The zero-order valence-electron chi connectivity index (χ0n) is 18.0. The number of aliphatic hydroxyl groups is 1. The van der Waals surface area contributed by atoms with Crippen LogP contribution in [-0.4, -0.2) is 21.8 Å². The van der Waals surface area contributed by atoms with Gasteiger partial charge < -0.3 is 5.11 Å². The predicted octanol–water partition coefficient (Wildman–Crippen LogP) is 4.94. The molecule has 1 N–H and O–H groups in total. The SMILES string of the molecule is Cc1ccc(N2C(=O)C(=O)/C(=C(/O)c3ccc(C)c(C)c3)C2c2ccccn2)c(C)c1. The van der Waals surface area contributed by atoms with Crippen molar-refractivity contribution in [3.63, 3.8) is 0 Å². The van der Waals surface area contributed by atoms with Crippen molar-refractivity contribution in [1.82, 2.24) is 4.98 Å². The minimum Gasteiger partial charge on any atom is -0.507 e. The fourth-order valence-corrected chi connectivity index (χ4v) is 4.02. The van der Waals surface area contributed by atoms with Gasteiger partial charge in [-0.2, -0.15) is 0 Å². The largest absolute Gasteiger partial charge is 0.507 e. The van der Waals surface area contributed by atoms with Gasteiger partial charge in [0.15, 0.2) is 0 Å². The average Bonchev–Trinajstić information content (AvgIpc) is 3.01. The molecule has 1 amide bonds. The lowest BCUT2D eigenvalue weighted by molar-refractivity contribution is -0.132. The summed E-state index contributed by atoms with van der Waals surface area (Å²) in [4.78, 5) is 32.2. The summed E-state index contributed by atoms with van der Waals surface area (Å²) in [5.41, 5.74) is 5.69. The molecule has 1 saturated heterocycles. The Hall–Kier alpha value is -3.73. The second-order valence-corrected chi connectivity index (χ2v) is 8.01. The van der Waals surface area contributed by atoms with E-state index in [2.05, 4.69) is 4.98 Å². The van der Waals surface area contributed by atoms with Crippen molar-refractivity contribution in [3.05, 3.63) is 99.9 Å². The van der Waals surface area contributed by atoms with Gasteiger partial charge in [0.2, 0.25) is 0 Å². The highest BCUT2D eigenvalue weighted by atomic mass is 16.3. The molecular weight excluding hydrogens is 388 g/mol. The summed E-state index contributed by atoms with van der Waals surface area (Å²) < 4.78 is 0. The molecule has 1 aliphatic rings. The highest BCUT2D eigenvalue weighted by Gasteiger charge is 2.48. The quantitative estimate of drug-likeness (QED) is 0.376. The Labute approximate surface area is 181 Å². The van der Waals surface area contributed by atoms with Gasteiger partial charge in [-0.05, 0) is 68.7 Å². The maximum Gasteiger partial charge on any atom is 0.300 e. The fourth-order valence-electron chi connectivity index (χ4n) is 4.02. The van der Waals surface area contributed by atoms with Crippen LogP contribution in [0.25, 0.3) is 5.76 Å². The van der Waals surface area contributed by atoms with Crippen LogP contribution in [0.5, 0.6) is 0 Å². The van der Waals surface area contributed by atoms with Crippen molar-refractivity contribution < 1.29 is 14.7 Å². The van der Waals surface area contributed by atoms with Crippen molar-refractivity contribution in [2.24, 2.45) is 0 Å². The third kappa shape index (κ3) is 3.52. The van der Waals surface area contributed by atoms with Gasteiger partial charge in [-0.1, -0.05) is 35.9 Å². The molecule has 0 saturated carbocycles. The molecule has 1 fully saturated rings. The summed E-state index contributed by atoms with van der Waals surface area (Å²) in [6.45, 7) is 7.80. The lowest BCUT2D eigenvalue weighted by atomic mass is 9.96. The van der Waals surface area contributed by atoms with Gasteiger partial charge in [-0.15, -0.1) is 0 Å². The number of ketones is 1. The summed E-state index contributed by atoms with van der Waals surface area (Å²) in [5.74, 6) is -1.58. The van der Waals surface area contributed by atoms with Crippen LogP contribution in [0.15, 0.2) is 66.4 Å². The Morgan fingerprint density at radius 1 is 0.903 bits per heavy atom. The van der Waals surface area contributed by atoms with Crippen LogP contribution in [0, 0.1) is 27.7 Å². The van der Waals surface area contributed by atoms with Crippen LogP contribution in [0.3, 0.4) is 0 Å². The van der Waals surface area contributed by atoms with Crippen LogP contribution in [0.2, 0.25) is 0 Å². The number of aliphatic hydroxyl groups excluding tert-OH is 1. The monoisotopic (exact) mass is 412 g/mol. The van der Waals surface area contributed by atoms with Gasteiger partial charge in [-0.25, -0.2) is 0 Å². The zero-order chi connectivity index (χ0) is 22.3. The average molecular weight is 412 g/mol. The third-order valence-electron chi connectivity index (χ3n) is 5.80. The van der Waals surface area contributed by atoms with E-state index >= 15 is 0 Å². The summed E-state index contributed by atoms with van der Waals surface area (Å²) in [6.07, 6.45) is 1.62. The van der Waals surface area contributed by atoms with E-state index in [4.69, 9.17) is 0 Å². The molecular formula is C26H24N2O3. The van der Waals surface area contributed by atoms with Crippen LogP contribution in [-0.2, 0) is 9.59 Å². The van der Waals surface area contributed by atoms with Gasteiger partial charge >= 0.3 is 0 Å². The number of carbonyl (C=O) groups is 2. The molecule has 31 heavy (non-hydrogen) atoms. The summed E-state index contributed by atoms with van der Waals surface area (Å²) in [7, 11) is 0. The molecule has 0 radical (unpaired) electrons. The highest BCUT2D eigenvalue weighted by molar-refractivity contribution is 6.51. The van der Waals surface area contributed by atoms with Crippen LogP contribution < -0.4 is 4.90 Å². The second-order valence-electron chi connectivity index (χ2n) is 8.01. The van der Waals surface area contributed by atoms with E-state index in [9.17, 15) is 14.7 Å². The van der Waals surface area contributed by atoms with Gasteiger partial charge in [0.1, 0.15) is 11.8 Å². The molecule has 2 aromatic carbocycles. The van der Waals surface area contributed by atoms with Crippen LogP contribution in [0.1, 0.15) is 39.6 Å². The minimum absolute atomic E-state index is 0.0481. The molecule has 1 atom stereocenters. The normalized spacial score (nSPS) is 17.9. The molecule has 156 valence electrons. The molecule has 2 heterocycles. The Kier molecular flexibility index (Phi) is 5.19. The number of carbonyl (C=O) groups excluding carboxylic acids is 2. The molecule has 1 aliphatic heterocycles. The van der Waals surface area contributed by atoms with E-state index in [0.29, 0.717) is 16.9 Å². The van der Waals surface area contributed by atoms with Crippen LogP contribution in [0.4, 0.5) is 5.69 Å². The maximum absolute atomic E-state index is 13.2. The van der Waals surface area contributed by atoms with E-state index in [1.165, 1.54) is 4.90 Å². The van der Waals surface area contributed by atoms with Crippen LogP contribution >= 0.6 is 0 Å². The van der Waals surface area contributed by atoms with Gasteiger partial charge in [0.25, 0.3) is 11.7 Å². The zero-order valence-corrected chi connectivity index (χ0v) is 18.0. The third-order valence-corrected chi connectivity index (χ3v) is 5.80. The number of rotatable bonds is 3. The number of anilines is 1. The molecule has 0 aliphatic carbocycles. The summed E-state index contributed by atoms with van der Waals surface area (Å²) in [6, 6.07) is 15.7. The first-order valence-electron chi connectivity index (χ1n) is 10.2. The van der Waals surface area contributed by atoms with E-state index in [1.54, 1.807) is 30.5 Å². The number of hydrogen-bond acceptors (Lipinski definition) is 4. The first kappa shape index (κ1) is 20.5.